The number of hydrogen-bond donors (Lipinski definition) is 6. The molecule has 10 nitrogen and oxygen atoms in total. The molecule has 10 heteroatoms. The molecule has 1 aromatic carbocycles. The summed E-state index contributed by atoms with van der Waals surface area (Å²) in [5.41, 5.74) is 1.06. The lowest BCUT2D eigenvalue weighted by Gasteiger charge is -2.32. The molecule has 1 aliphatic heterocycles. The molecular weight excluding hydrogens is 452 g/mol. The van der Waals surface area contributed by atoms with Gasteiger partial charge >= 0.3 is 5.97 Å². The van der Waals surface area contributed by atoms with E-state index in [9.17, 15) is 19.8 Å². The summed E-state index contributed by atoms with van der Waals surface area (Å²) in [5.74, 6) is -2.45. The molecule has 3 atom stereocenters. The van der Waals surface area contributed by atoms with E-state index in [0.717, 1.165) is 16.6 Å². The van der Waals surface area contributed by atoms with E-state index in [-0.39, 0.29) is 18.8 Å². The zero-order valence-electron chi connectivity index (χ0n) is 19.4. The number of hydrogen-bond acceptors (Lipinski definition) is 8. The fourth-order valence-electron chi connectivity index (χ4n) is 4.35. The zero-order chi connectivity index (χ0) is 25.2. The van der Waals surface area contributed by atoms with Gasteiger partial charge in [0.15, 0.2) is 12.0 Å². The number of carbonyl (C=O) groups is 2. The highest BCUT2D eigenvalue weighted by atomic mass is 16.5. The van der Waals surface area contributed by atoms with Gasteiger partial charge in [0, 0.05) is 41.3 Å². The number of H-pyrrole nitrogens is 1. The van der Waals surface area contributed by atoms with E-state index in [1.165, 1.54) is 6.08 Å². The predicted octanol–water partition coefficient (Wildman–Crippen LogP) is 2.50. The summed E-state index contributed by atoms with van der Waals surface area (Å²) in [6.07, 6.45) is 1.95. The minimum Gasteiger partial charge on any atom is -0.480 e. The Balaban J connectivity index is 1.74. The standard InChI is InChI=1S/C25H28N4O6/c1-3-20(31)25(24(33)34)21(32)19(12-15-13-28-22-17(15)5-4-8-27-22)35-23(25)29-18-7-6-16(11-14(18)2)26-9-10-30/h4-8,11-13,20,23,26,29-31H,3,9-10H2,1-2H3,(H,27,28)(H,33,34)/b19-12-. The van der Waals surface area contributed by atoms with Crippen molar-refractivity contribution in [3.8, 4) is 0 Å². The molecule has 3 unspecified atom stereocenters. The molecule has 6 N–H and O–H groups in total. The number of aromatic nitrogens is 2. The lowest BCUT2D eigenvalue weighted by molar-refractivity contribution is -0.164. The first-order valence-corrected chi connectivity index (χ1v) is 11.3. The van der Waals surface area contributed by atoms with Crippen LogP contribution < -0.4 is 10.6 Å². The molecular formula is C25H28N4O6. The summed E-state index contributed by atoms with van der Waals surface area (Å²) < 4.78 is 5.93. The number of allylic oxidation sites excluding steroid dienone is 1. The van der Waals surface area contributed by atoms with Gasteiger partial charge in [0.1, 0.15) is 5.65 Å². The van der Waals surface area contributed by atoms with Crippen LogP contribution in [-0.4, -0.2) is 62.5 Å². The number of carboxylic acid groups (broad SMARTS) is 1. The van der Waals surface area contributed by atoms with E-state index >= 15 is 0 Å². The molecule has 0 radical (unpaired) electrons. The maximum atomic E-state index is 13.6. The lowest BCUT2D eigenvalue weighted by atomic mass is 9.75. The van der Waals surface area contributed by atoms with E-state index in [1.54, 1.807) is 37.5 Å². The van der Waals surface area contributed by atoms with Crippen LogP contribution in [0.2, 0.25) is 0 Å². The number of fused-ring (bicyclic) bond motifs is 1. The second-order valence-corrected chi connectivity index (χ2v) is 8.40. The Morgan fingerprint density at radius 2 is 2.17 bits per heavy atom. The highest BCUT2D eigenvalue weighted by Gasteiger charge is 2.65. The fraction of sp³-hybridized carbons (Fsp3) is 0.320. The number of anilines is 2. The van der Waals surface area contributed by atoms with E-state index in [4.69, 9.17) is 9.84 Å². The van der Waals surface area contributed by atoms with Crippen LogP contribution in [0.5, 0.6) is 0 Å². The van der Waals surface area contributed by atoms with Crippen LogP contribution in [0.1, 0.15) is 24.5 Å². The number of aliphatic hydroxyl groups excluding tert-OH is 2. The van der Waals surface area contributed by atoms with E-state index < -0.39 is 29.5 Å². The van der Waals surface area contributed by atoms with Crippen LogP contribution in [0.4, 0.5) is 11.4 Å². The third-order valence-electron chi connectivity index (χ3n) is 6.25. The topological polar surface area (TPSA) is 157 Å². The molecule has 35 heavy (non-hydrogen) atoms. The Labute approximate surface area is 201 Å². The van der Waals surface area contributed by atoms with Crippen molar-refractivity contribution in [2.75, 3.05) is 23.8 Å². The Kier molecular flexibility index (Phi) is 6.77. The van der Waals surface area contributed by atoms with Gasteiger partial charge in [0.25, 0.3) is 0 Å². The second kappa shape index (κ2) is 9.77. The number of rotatable bonds is 9. The number of nitrogens with one attached hydrogen (secondary N) is 3. The average molecular weight is 481 g/mol. The molecule has 1 saturated heterocycles. The van der Waals surface area contributed by atoms with Crippen molar-refractivity contribution in [1.29, 1.82) is 0 Å². The number of ether oxygens (including phenoxy) is 1. The number of aromatic amines is 1. The van der Waals surface area contributed by atoms with Crippen molar-refractivity contribution >= 4 is 40.2 Å². The summed E-state index contributed by atoms with van der Waals surface area (Å²) in [6.45, 7) is 3.79. The minimum atomic E-state index is -2.24. The van der Waals surface area contributed by atoms with Gasteiger partial charge in [0.05, 0.1) is 12.7 Å². The molecule has 1 aliphatic rings. The minimum absolute atomic E-state index is 0.0191. The largest absolute Gasteiger partial charge is 0.480 e. The number of ketones is 1. The van der Waals surface area contributed by atoms with Crippen LogP contribution in [-0.2, 0) is 14.3 Å². The summed E-state index contributed by atoms with van der Waals surface area (Å²) in [4.78, 5) is 33.4. The van der Waals surface area contributed by atoms with E-state index in [1.807, 2.05) is 19.1 Å². The van der Waals surface area contributed by atoms with Gasteiger partial charge in [-0.05, 0) is 55.3 Å². The fourth-order valence-corrected chi connectivity index (χ4v) is 4.35. The molecule has 0 bridgehead atoms. The van der Waals surface area contributed by atoms with Crippen LogP contribution in [0.3, 0.4) is 0 Å². The molecule has 0 amide bonds. The molecule has 0 saturated carbocycles. The SMILES string of the molecule is CCC(O)C1(C(=O)O)C(=O)/C(=C/c2c[nH]c3ncccc23)OC1Nc1ccc(NCCO)cc1C. The second-order valence-electron chi connectivity index (χ2n) is 8.40. The van der Waals surface area contributed by atoms with Crippen molar-refractivity contribution in [3.63, 3.8) is 0 Å². The van der Waals surface area contributed by atoms with Crippen molar-refractivity contribution < 1.29 is 29.6 Å². The van der Waals surface area contributed by atoms with Gasteiger partial charge in [0.2, 0.25) is 11.2 Å². The quantitative estimate of drug-likeness (QED) is 0.200. The normalized spacial score (nSPS) is 21.8. The van der Waals surface area contributed by atoms with Crippen molar-refractivity contribution in [2.45, 2.75) is 32.6 Å². The summed E-state index contributed by atoms with van der Waals surface area (Å²) in [6, 6.07) is 8.88. The van der Waals surface area contributed by atoms with Crippen LogP contribution >= 0.6 is 0 Å². The number of nitrogens with zero attached hydrogens (tertiary/aromatic N) is 1. The molecule has 3 heterocycles. The summed E-state index contributed by atoms with van der Waals surface area (Å²) >= 11 is 0. The highest BCUT2D eigenvalue weighted by molar-refractivity contribution is 6.16. The predicted molar refractivity (Wildman–Crippen MR) is 131 cm³/mol. The van der Waals surface area contributed by atoms with Crippen molar-refractivity contribution in [2.24, 2.45) is 5.41 Å². The smallest absolute Gasteiger partial charge is 0.326 e. The van der Waals surface area contributed by atoms with Crippen molar-refractivity contribution in [3.05, 3.63) is 59.6 Å². The average Bonchev–Trinajstić information content (AvgIpc) is 3.38. The van der Waals surface area contributed by atoms with Crippen LogP contribution in [0.15, 0.2) is 48.5 Å². The van der Waals surface area contributed by atoms with Crippen LogP contribution in [0.25, 0.3) is 17.1 Å². The Bertz CT molecular complexity index is 1290. The third-order valence-corrected chi connectivity index (χ3v) is 6.25. The number of carboxylic acids is 1. The number of aliphatic carboxylic acids is 1. The van der Waals surface area contributed by atoms with E-state index in [0.29, 0.717) is 23.4 Å². The van der Waals surface area contributed by atoms with Gasteiger partial charge in [-0.25, -0.2) is 4.98 Å². The summed E-state index contributed by atoms with van der Waals surface area (Å²) in [5, 5.41) is 36.9. The Morgan fingerprint density at radius 3 is 2.86 bits per heavy atom. The highest BCUT2D eigenvalue weighted by Crippen LogP contribution is 2.43. The number of pyridine rings is 1. The van der Waals surface area contributed by atoms with Crippen molar-refractivity contribution in [1.82, 2.24) is 9.97 Å². The molecule has 2 aromatic heterocycles. The maximum absolute atomic E-state index is 13.6. The molecule has 3 aromatic rings. The van der Waals surface area contributed by atoms with Gasteiger partial charge in [-0.2, -0.15) is 0 Å². The van der Waals surface area contributed by atoms with Gasteiger partial charge in [-0.15, -0.1) is 0 Å². The zero-order valence-corrected chi connectivity index (χ0v) is 19.4. The van der Waals surface area contributed by atoms with Gasteiger partial charge in [-0.1, -0.05) is 6.92 Å². The van der Waals surface area contributed by atoms with Gasteiger partial charge < -0.3 is 35.7 Å². The van der Waals surface area contributed by atoms with E-state index in [2.05, 4.69) is 20.6 Å². The first-order chi connectivity index (χ1) is 16.8. The summed E-state index contributed by atoms with van der Waals surface area (Å²) in [7, 11) is 0. The number of carbonyl (C=O) groups excluding carboxylic acids is 1. The third kappa shape index (κ3) is 4.22. The number of Topliss-reactive ketones (excluding diaryl/α,β-unsaturated/α-hetero) is 1. The molecule has 184 valence electrons. The molecule has 4 rings (SSSR count). The van der Waals surface area contributed by atoms with Crippen LogP contribution in [0, 0.1) is 12.3 Å². The number of benzene rings is 1. The maximum Gasteiger partial charge on any atom is 0.326 e. The molecule has 0 spiro atoms. The number of aryl methyl sites for hydroxylation is 1. The molecule has 1 fully saturated rings. The molecule has 0 aliphatic carbocycles. The first-order valence-electron chi connectivity index (χ1n) is 11.3. The monoisotopic (exact) mass is 480 g/mol. The lowest BCUT2D eigenvalue weighted by Crippen LogP contribution is -2.55. The first kappa shape index (κ1) is 24.2. The Hall–Kier alpha value is -3.89. The Morgan fingerprint density at radius 1 is 1.37 bits per heavy atom. The number of aliphatic hydroxyl groups is 2. The van der Waals surface area contributed by atoms with Gasteiger partial charge in [-0.3, -0.25) is 9.59 Å².